The molecule has 0 saturated carbocycles. The summed E-state index contributed by atoms with van der Waals surface area (Å²) in [5.41, 5.74) is 3.60. The van der Waals surface area contributed by atoms with E-state index in [-0.39, 0.29) is 0 Å². The SMILES string of the molecule is CN=C(NCCN1CCOCC1)NCc1ccccc1COCc1ccccc1. The number of nitrogens with zero attached hydrogens (tertiary/aromatic N) is 2. The molecule has 1 aliphatic heterocycles. The van der Waals surface area contributed by atoms with Crippen LogP contribution in [-0.2, 0) is 29.2 Å². The lowest BCUT2D eigenvalue weighted by molar-refractivity contribution is 0.0389. The Bertz CT molecular complexity index is 746. The molecule has 0 amide bonds. The van der Waals surface area contributed by atoms with Gasteiger partial charge in [0, 0.05) is 39.8 Å². The molecule has 2 N–H and O–H groups in total. The molecule has 3 rings (SSSR count). The maximum atomic E-state index is 5.92. The third kappa shape index (κ3) is 7.49. The van der Waals surface area contributed by atoms with Gasteiger partial charge in [0.2, 0.25) is 0 Å². The first kappa shape index (κ1) is 21.3. The van der Waals surface area contributed by atoms with Crippen LogP contribution < -0.4 is 10.6 Å². The molecule has 6 heteroatoms. The van der Waals surface area contributed by atoms with Crippen LogP contribution in [0.4, 0.5) is 0 Å². The standard InChI is InChI=1S/C23H32N4O2/c1-24-23(25-11-12-27-13-15-28-16-14-27)26-17-21-9-5-6-10-22(21)19-29-18-20-7-3-2-4-8-20/h2-10H,11-19H2,1H3,(H2,24,25,26). The Hall–Kier alpha value is -2.41. The average molecular weight is 397 g/mol. The molecule has 1 aliphatic rings. The van der Waals surface area contributed by atoms with Crippen molar-refractivity contribution in [1.29, 1.82) is 0 Å². The summed E-state index contributed by atoms with van der Waals surface area (Å²) in [5.74, 6) is 0.818. The highest BCUT2D eigenvalue weighted by Gasteiger charge is 2.10. The van der Waals surface area contributed by atoms with Gasteiger partial charge in [0.1, 0.15) is 0 Å². The fourth-order valence-corrected chi connectivity index (χ4v) is 3.28. The van der Waals surface area contributed by atoms with Crippen molar-refractivity contribution in [2.75, 3.05) is 46.4 Å². The highest BCUT2D eigenvalue weighted by molar-refractivity contribution is 5.79. The minimum atomic E-state index is 0.593. The number of nitrogens with one attached hydrogen (secondary N) is 2. The van der Waals surface area contributed by atoms with Crippen molar-refractivity contribution in [1.82, 2.24) is 15.5 Å². The molecule has 1 fully saturated rings. The fraction of sp³-hybridized carbons (Fsp3) is 0.435. The number of aliphatic imine (C=N–C) groups is 1. The van der Waals surface area contributed by atoms with Gasteiger partial charge in [-0.25, -0.2) is 0 Å². The van der Waals surface area contributed by atoms with E-state index in [9.17, 15) is 0 Å². The Kier molecular flexibility index (Phi) is 8.97. The monoisotopic (exact) mass is 396 g/mol. The number of guanidine groups is 1. The van der Waals surface area contributed by atoms with Crippen LogP contribution in [0.5, 0.6) is 0 Å². The highest BCUT2D eigenvalue weighted by Crippen LogP contribution is 2.11. The Morgan fingerprint density at radius 1 is 0.966 bits per heavy atom. The van der Waals surface area contributed by atoms with Gasteiger partial charge in [0.05, 0.1) is 26.4 Å². The van der Waals surface area contributed by atoms with Gasteiger partial charge >= 0.3 is 0 Å². The number of rotatable bonds is 9. The topological polar surface area (TPSA) is 58.1 Å². The lowest BCUT2D eigenvalue weighted by atomic mass is 10.1. The average Bonchev–Trinajstić information content (AvgIpc) is 2.78. The lowest BCUT2D eigenvalue weighted by Gasteiger charge is -2.26. The van der Waals surface area contributed by atoms with Gasteiger partial charge in [-0.15, -0.1) is 0 Å². The van der Waals surface area contributed by atoms with Gasteiger partial charge < -0.3 is 20.1 Å². The molecule has 0 atom stereocenters. The summed E-state index contributed by atoms with van der Waals surface area (Å²) in [5, 5.41) is 6.81. The largest absolute Gasteiger partial charge is 0.379 e. The summed E-state index contributed by atoms with van der Waals surface area (Å²) in [7, 11) is 1.80. The number of hydrogen-bond acceptors (Lipinski definition) is 4. The van der Waals surface area contributed by atoms with E-state index >= 15 is 0 Å². The molecular weight excluding hydrogens is 364 g/mol. The van der Waals surface area contributed by atoms with E-state index in [1.807, 2.05) is 18.2 Å². The Morgan fingerprint density at radius 3 is 2.45 bits per heavy atom. The molecule has 2 aromatic carbocycles. The third-order valence-electron chi connectivity index (χ3n) is 4.98. The second-order valence-electron chi connectivity index (χ2n) is 7.05. The summed E-state index contributed by atoms with van der Waals surface area (Å²) in [6.07, 6.45) is 0. The van der Waals surface area contributed by atoms with Gasteiger partial charge in [-0.3, -0.25) is 9.89 Å². The van der Waals surface area contributed by atoms with E-state index in [0.717, 1.165) is 45.4 Å². The fourth-order valence-electron chi connectivity index (χ4n) is 3.28. The zero-order valence-corrected chi connectivity index (χ0v) is 17.3. The highest BCUT2D eigenvalue weighted by atomic mass is 16.5. The second-order valence-corrected chi connectivity index (χ2v) is 7.05. The van der Waals surface area contributed by atoms with Crippen molar-refractivity contribution >= 4 is 5.96 Å². The van der Waals surface area contributed by atoms with Crippen LogP contribution in [0.1, 0.15) is 16.7 Å². The van der Waals surface area contributed by atoms with Crippen molar-refractivity contribution < 1.29 is 9.47 Å². The molecule has 156 valence electrons. The first-order valence-electron chi connectivity index (χ1n) is 10.3. The number of benzene rings is 2. The smallest absolute Gasteiger partial charge is 0.191 e. The molecule has 6 nitrogen and oxygen atoms in total. The molecule has 0 bridgehead atoms. The molecular formula is C23H32N4O2. The normalized spacial score (nSPS) is 15.3. The van der Waals surface area contributed by atoms with Crippen LogP contribution in [0.2, 0.25) is 0 Å². The summed E-state index contributed by atoms with van der Waals surface area (Å²) in [6.45, 7) is 7.45. The second kappa shape index (κ2) is 12.2. The molecule has 1 saturated heterocycles. The van der Waals surface area contributed by atoms with Crippen molar-refractivity contribution in [2.24, 2.45) is 4.99 Å². The molecule has 29 heavy (non-hydrogen) atoms. The molecule has 0 spiro atoms. The quantitative estimate of drug-likeness (QED) is 0.504. The van der Waals surface area contributed by atoms with Crippen LogP contribution in [0.25, 0.3) is 0 Å². The predicted octanol–water partition coefficient (Wildman–Crippen LogP) is 2.40. The molecule has 0 unspecified atom stereocenters. The van der Waals surface area contributed by atoms with E-state index in [1.165, 1.54) is 16.7 Å². The van der Waals surface area contributed by atoms with Crippen LogP contribution in [0, 0.1) is 0 Å². The minimum Gasteiger partial charge on any atom is -0.379 e. The van der Waals surface area contributed by atoms with Crippen LogP contribution in [0.15, 0.2) is 59.6 Å². The Balaban J connectivity index is 1.42. The minimum absolute atomic E-state index is 0.593. The van der Waals surface area contributed by atoms with Crippen molar-refractivity contribution in [3.63, 3.8) is 0 Å². The van der Waals surface area contributed by atoms with E-state index in [4.69, 9.17) is 9.47 Å². The number of ether oxygens (including phenoxy) is 2. The first-order valence-corrected chi connectivity index (χ1v) is 10.3. The Labute approximate surface area is 173 Å². The van der Waals surface area contributed by atoms with E-state index < -0.39 is 0 Å². The van der Waals surface area contributed by atoms with Gasteiger partial charge in [-0.2, -0.15) is 0 Å². The zero-order chi connectivity index (χ0) is 20.2. The summed E-state index contributed by atoms with van der Waals surface area (Å²) < 4.78 is 11.3. The van der Waals surface area contributed by atoms with Crippen molar-refractivity contribution in [3.8, 4) is 0 Å². The molecule has 1 heterocycles. The Morgan fingerprint density at radius 2 is 1.69 bits per heavy atom. The van der Waals surface area contributed by atoms with Gasteiger partial charge in [-0.1, -0.05) is 54.6 Å². The summed E-state index contributed by atoms with van der Waals surface area (Å²) in [4.78, 5) is 6.74. The third-order valence-corrected chi connectivity index (χ3v) is 4.98. The lowest BCUT2D eigenvalue weighted by Crippen LogP contribution is -2.44. The zero-order valence-electron chi connectivity index (χ0n) is 17.3. The van der Waals surface area contributed by atoms with Gasteiger partial charge in [0.25, 0.3) is 0 Å². The molecule has 0 aliphatic carbocycles. The molecule has 2 aromatic rings. The van der Waals surface area contributed by atoms with Gasteiger partial charge in [0.15, 0.2) is 5.96 Å². The summed E-state index contributed by atoms with van der Waals surface area (Å²) >= 11 is 0. The van der Waals surface area contributed by atoms with E-state index in [1.54, 1.807) is 7.05 Å². The van der Waals surface area contributed by atoms with Crippen LogP contribution in [0.3, 0.4) is 0 Å². The van der Waals surface area contributed by atoms with Crippen molar-refractivity contribution in [3.05, 3.63) is 71.3 Å². The van der Waals surface area contributed by atoms with Crippen LogP contribution >= 0.6 is 0 Å². The van der Waals surface area contributed by atoms with E-state index in [2.05, 4.69) is 56.9 Å². The number of morpholine rings is 1. The summed E-state index contributed by atoms with van der Waals surface area (Å²) in [6, 6.07) is 18.6. The molecule has 0 aromatic heterocycles. The van der Waals surface area contributed by atoms with Gasteiger partial charge in [-0.05, 0) is 16.7 Å². The number of hydrogen-bond donors (Lipinski definition) is 2. The maximum Gasteiger partial charge on any atom is 0.191 e. The maximum absolute atomic E-state index is 5.92. The predicted molar refractivity (Wildman–Crippen MR) is 117 cm³/mol. The van der Waals surface area contributed by atoms with Crippen molar-refractivity contribution in [2.45, 2.75) is 19.8 Å². The van der Waals surface area contributed by atoms with E-state index in [0.29, 0.717) is 19.8 Å². The molecule has 0 radical (unpaired) electrons. The first-order chi connectivity index (χ1) is 14.3. The van der Waals surface area contributed by atoms with Crippen LogP contribution in [-0.4, -0.2) is 57.3 Å².